The van der Waals surface area contributed by atoms with Crippen LogP contribution in [0.15, 0.2) is 0 Å². The average molecular weight is 766 g/mol. The molecule has 0 aromatic carbocycles. The van der Waals surface area contributed by atoms with Gasteiger partial charge in [-0.3, -0.25) is 9.59 Å². The van der Waals surface area contributed by atoms with E-state index in [1.807, 2.05) is 0 Å². The predicted octanol–water partition coefficient (Wildman–Crippen LogP) is 13.9. The first kappa shape index (κ1) is 52.9. The Labute approximate surface area is 337 Å². The third-order valence-electron chi connectivity index (χ3n) is 11.5. The summed E-state index contributed by atoms with van der Waals surface area (Å²) in [5.41, 5.74) is 0. The van der Waals surface area contributed by atoms with Crippen molar-refractivity contribution in [3.8, 4) is 0 Å². The fourth-order valence-electron chi connectivity index (χ4n) is 7.83. The molecule has 0 bridgehead atoms. The van der Waals surface area contributed by atoms with Crippen molar-refractivity contribution in [2.24, 2.45) is 11.8 Å². The Bertz CT molecular complexity index is 698. The Balaban J connectivity index is 3.99. The van der Waals surface area contributed by atoms with Gasteiger partial charge in [0.05, 0.1) is 13.2 Å². The molecule has 0 aromatic rings. The van der Waals surface area contributed by atoms with E-state index in [0.29, 0.717) is 26.1 Å². The second-order valence-corrected chi connectivity index (χ2v) is 16.7. The first-order chi connectivity index (χ1) is 26.5. The minimum atomic E-state index is -0.000771. The molecule has 0 amide bonds. The average Bonchev–Trinajstić information content (AvgIpc) is 3.16. The number of hydrogen-bond acceptors (Lipinski definition) is 6. The van der Waals surface area contributed by atoms with Crippen LogP contribution in [0.2, 0.25) is 0 Å². The lowest BCUT2D eigenvalue weighted by atomic mass is 9.92. The summed E-state index contributed by atoms with van der Waals surface area (Å²) in [4.78, 5) is 27.2. The topological polar surface area (TPSA) is 76.1 Å². The van der Waals surface area contributed by atoms with Gasteiger partial charge in [0.25, 0.3) is 0 Å². The van der Waals surface area contributed by atoms with Gasteiger partial charge in [0.1, 0.15) is 0 Å². The van der Waals surface area contributed by atoms with Crippen molar-refractivity contribution in [2.75, 3.05) is 39.5 Å². The summed E-state index contributed by atoms with van der Waals surface area (Å²) in [6.45, 7) is 13.9. The lowest BCUT2D eigenvalue weighted by Crippen LogP contribution is -2.27. The maximum atomic E-state index is 12.3. The van der Waals surface area contributed by atoms with Gasteiger partial charge in [-0.15, -0.1) is 0 Å². The van der Waals surface area contributed by atoms with Crippen molar-refractivity contribution in [1.29, 1.82) is 0 Å². The van der Waals surface area contributed by atoms with Crippen LogP contribution < -0.4 is 0 Å². The molecule has 0 fully saturated rings. The highest BCUT2D eigenvalue weighted by molar-refractivity contribution is 5.69. The van der Waals surface area contributed by atoms with E-state index in [9.17, 15) is 14.7 Å². The van der Waals surface area contributed by atoms with Gasteiger partial charge in [0.2, 0.25) is 0 Å². The number of rotatable bonds is 44. The van der Waals surface area contributed by atoms with Crippen molar-refractivity contribution in [3.05, 3.63) is 0 Å². The van der Waals surface area contributed by atoms with Gasteiger partial charge < -0.3 is 19.5 Å². The lowest BCUT2D eigenvalue weighted by molar-refractivity contribution is -0.145. The number of aliphatic hydroxyl groups excluding tert-OH is 1. The summed E-state index contributed by atoms with van der Waals surface area (Å²) in [7, 11) is 0. The minimum absolute atomic E-state index is 0.000771. The quantitative estimate of drug-likeness (QED) is 0.0492. The molecule has 1 N–H and O–H groups in total. The smallest absolute Gasteiger partial charge is 0.305 e. The zero-order valence-electron chi connectivity index (χ0n) is 37.0. The fourth-order valence-corrected chi connectivity index (χ4v) is 7.83. The molecule has 0 aromatic heterocycles. The van der Waals surface area contributed by atoms with Gasteiger partial charge in [-0.25, -0.2) is 0 Å². The molecule has 0 spiro atoms. The Morgan fingerprint density at radius 2 is 0.722 bits per heavy atom. The van der Waals surface area contributed by atoms with Crippen molar-refractivity contribution in [2.45, 2.75) is 246 Å². The van der Waals surface area contributed by atoms with Crippen LogP contribution in [0.4, 0.5) is 0 Å². The molecule has 0 aliphatic carbocycles. The third-order valence-corrected chi connectivity index (χ3v) is 11.5. The number of aliphatic hydroxyl groups is 1. The number of ether oxygens (including phenoxy) is 2. The monoisotopic (exact) mass is 766 g/mol. The summed E-state index contributed by atoms with van der Waals surface area (Å²) in [6.07, 6.45) is 39.9. The number of carbonyl (C=O) groups excluding carboxylic acids is 2. The largest absolute Gasteiger partial charge is 0.466 e. The highest BCUT2D eigenvalue weighted by atomic mass is 16.5. The summed E-state index contributed by atoms with van der Waals surface area (Å²) in [5.74, 6) is 1.43. The van der Waals surface area contributed by atoms with Crippen LogP contribution in [0.3, 0.4) is 0 Å². The fraction of sp³-hybridized carbons (Fsp3) is 0.958. The normalized spacial score (nSPS) is 11.7. The van der Waals surface area contributed by atoms with Crippen LogP contribution in [0, 0.1) is 11.8 Å². The maximum absolute atomic E-state index is 12.3. The molecule has 0 aliphatic rings. The molecule has 0 heterocycles. The predicted molar refractivity (Wildman–Crippen MR) is 232 cm³/mol. The van der Waals surface area contributed by atoms with E-state index in [-0.39, 0.29) is 18.5 Å². The maximum Gasteiger partial charge on any atom is 0.305 e. The summed E-state index contributed by atoms with van der Waals surface area (Å²) >= 11 is 0. The Kier molecular flexibility index (Phi) is 42.1. The molecule has 0 saturated heterocycles. The van der Waals surface area contributed by atoms with E-state index in [1.54, 1.807) is 0 Å². The summed E-state index contributed by atoms with van der Waals surface area (Å²) in [6, 6.07) is 0. The van der Waals surface area contributed by atoms with Gasteiger partial charge in [0, 0.05) is 19.4 Å². The summed E-state index contributed by atoms with van der Waals surface area (Å²) in [5, 5.41) is 9.28. The molecule has 6 heteroatoms. The van der Waals surface area contributed by atoms with Gasteiger partial charge in [-0.05, 0) is 82.8 Å². The molecule has 54 heavy (non-hydrogen) atoms. The Hall–Kier alpha value is -1.14. The van der Waals surface area contributed by atoms with Crippen LogP contribution in [0.25, 0.3) is 0 Å². The van der Waals surface area contributed by atoms with Crippen LogP contribution >= 0.6 is 0 Å². The molecule has 0 saturated carbocycles. The van der Waals surface area contributed by atoms with Crippen molar-refractivity contribution >= 4 is 11.9 Å². The molecule has 0 aliphatic heterocycles. The van der Waals surface area contributed by atoms with Crippen LogP contribution in [0.5, 0.6) is 0 Å². The van der Waals surface area contributed by atoms with E-state index >= 15 is 0 Å². The second-order valence-electron chi connectivity index (χ2n) is 16.7. The molecule has 0 rings (SSSR count). The SMILES string of the molecule is CCCCCC(CCCCC)CCOC(=O)CCCCCCCCN(CCCCO)CCCCCCCCC(=O)OCCC(CCCCC)CCCCC. The van der Waals surface area contributed by atoms with Crippen molar-refractivity contribution in [1.82, 2.24) is 4.90 Å². The van der Waals surface area contributed by atoms with Crippen LogP contribution in [-0.4, -0.2) is 61.4 Å². The Morgan fingerprint density at radius 1 is 0.407 bits per heavy atom. The molecule has 322 valence electrons. The molecular weight excluding hydrogens is 671 g/mol. The van der Waals surface area contributed by atoms with Crippen molar-refractivity contribution in [3.63, 3.8) is 0 Å². The highest BCUT2D eigenvalue weighted by Crippen LogP contribution is 2.23. The molecular formula is C48H95NO5. The first-order valence-corrected chi connectivity index (χ1v) is 24.1. The third kappa shape index (κ3) is 37.8. The standard InChI is InChI=1S/C48H95NO5/c1-5-9-21-31-45(32-22-10-6-2)37-43-53-47(51)35-25-17-13-15-19-27-39-49(41-29-30-42-50)40-28-20-16-14-18-26-36-48(52)54-44-38-46(33-23-11-7-3)34-24-12-8-4/h45-46,50H,5-44H2,1-4H3. The van der Waals surface area contributed by atoms with E-state index in [1.165, 1.54) is 154 Å². The second kappa shape index (κ2) is 43.0. The number of nitrogens with zero attached hydrogens (tertiary/aromatic N) is 1. The number of esters is 2. The molecule has 6 nitrogen and oxygen atoms in total. The van der Waals surface area contributed by atoms with Gasteiger partial charge in [0.15, 0.2) is 0 Å². The zero-order chi connectivity index (χ0) is 39.6. The van der Waals surface area contributed by atoms with E-state index in [2.05, 4.69) is 32.6 Å². The van der Waals surface area contributed by atoms with Gasteiger partial charge >= 0.3 is 11.9 Å². The number of carbonyl (C=O) groups is 2. The van der Waals surface area contributed by atoms with Crippen LogP contribution in [-0.2, 0) is 19.1 Å². The number of hydrogen-bond donors (Lipinski definition) is 1. The Morgan fingerprint density at radius 3 is 1.06 bits per heavy atom. The minimum Gasteiger partial charge on any atom is -0.466 e. The van der Waals surface area contributed by atoms with E-state index < -0.39 is 0 Å². The van der Waals surface area contributed by atoms with E-state index in [4.69, 9.17) is 9.47 Å². The van der Waals surface area contributed by atoms with Gasteiger partial charge in [-0.2, -0.15) is 0 Å². The summed E-state index contributed by atoms with van der Waals surface area (Å²) < 4.78 is 11.3. The van der Waals surface area contributed by atoms with Crippen molar-refractivity contribution < 1.29 is 24.2 Å². The molecule has 0 atom stereocenters. The first-order valence-electron chi connectivity index (χ1n) is 24.1. The highest BCUT2D eigenvalue weighted by Gasteiger charge is 2.12. The molecule has 0 unspecified atom stereocenters. The molecule has 0 radical (unpaired) electrons. The van der Waals surface area contributed by atoms with E-state index in [0.717, 1.165) is 82.8 Å². The van der Waals surface area contributed by atoms with Gasteiger partial charge in [-0.1, -0.05) is 182 Å². The number of unbranched alkanes of at least 4 members (excludes halogenated alkanes) is 19. The van der Waals surface area contributed by atoms with Crippen LogP contribution in [0.1, 0.15) is 246 Å². The lowest BCUT2D eigenvalue weighted by Gasteiger charge is -2.22. The zero-order valence-corrected chi connectivity index (χ0v) is 37.0.